The number of aliphatic hydroxyl groups is 1. The normalized spacial score (nSPS) is 16.8. The molecule has 0 aliphatic carbocycles. The Morgan fingerprint density at radius 2 is 1.65 bits per heavy atom. The zero-order chi connectivity index (χ0) is 36.1. The second-order valence-electron chi connectivity index (χ2n) is 12.8. The van der Waals surface area contributed by atoms with Crippen molar-refractivity contribution in [2.45, 2.75) is 79.5 Å². The van der Waals surface area contributed by atoms with Crippen molar-refractivity contribution in [2.75, 3.05) is 31.1 Å². The van der Waals surface area contributed by atoms with Crippen LogP contribution in [0, 0.1) is 18.3 Å². The highest BCUT2D eigenvalue weighted by Crippen LogP contribution is 2.27. The number of aliphatic carboxylic acids is 1. The van der Waals surface area contributed by atoms with E-state index >= 15 is 0 Å². The summed E-state index contributed by atoms with van der Waals surface area (Å²) in [6.07, 6.45) is 4.92. The van der Waals surface area contributed by atoms with Crippen molar-refractivity contribution >= 4 is 41.2 Å². The number of carboxylic acids is 1. The lowest BCUT2D eigenvalue weighted by Crippen LogP contribution is -2.54. The Morgan fingerprint density at radius 3 is 2.14 bits per heavy atom. The molecule has 266 valence electrons. The van der Waals surface area contributed by atoms with E-state index in [1.165, 1.54) is 10.4 Å². The fourth-order valence-corrected chi connectivity index (χ4v) is 6.28. The van der Waals surface area contributed by atoms with Gasteiger partial charge >= 0.3 is 5.97 Å². The van der Waals surface area contributed by atoms with Gasteiger partial charge in [-0.25, -0.2) is 15.0 Å². The number of likely N-dealkylation sites (tertiary alicyclic amines) is 1. The van der Waals surface area contributed by atoms with Crippen LogP contribution in [0.25, 0.3) is 10.4 Å². The van der Waals surface area contributed by atoms with Crippen LogP contribution in [0.3, 0.4) is 0 Å². The SMILES string of the molecule is CC.CC(C)(C)C(NC(=O)c1ncc(N2CCC(C(=O)O)CC2)cn1)C(=O)N1CCC(O)C1.Cc1ncsc1-c1ccc(CNC=O)cc1. The predicted octanol–water partition coefficient (Wildman–Crippen LogP) is 3.91. The zero-order valence-corrected chi connectivity index (χ0v) is 30.0. The second kappa shape index (κ2) is 18.4. The summed E-state index contributed by atoms with van der Waals surface area (Å²) in [6.45, 7) is 14.1. The Bertz CT molecular complexity index is 1520. The van der Waals surface area contributed by atoms with Gasteiger partial charge in [0.25, 0.3) is 5.91 Å². The van der Waals surface area contributed by atoms with E-state index < -0.39 is 29.4 Å². The molecular formula is C35H49N7O6S. The number of β-amino-alcohol motifs (C(OH)–C–C–N with tert-alkyl or cyclic N) is 1. The van der Waals surface area contributed by atoms with Gasteiger partial charge in [-0.15, -0.1) is 11.3 Å². The van der Waals surface area contributed by atoms with Crippen LogP contribution in [0.2, 0.25) is 0 Å². The molecule has 3 aromatic rings. The quantitative estimate of drug-likeness (QED) is 0.240. The molecule has 14 heteroatoms. The third kappa shape index (κ3) is 11.0. The smallest absolute Gasteiger partial charge is 0.306 e. The molecule has 13 nitrogen and oxygen atoms in total. The molecule has 2 aliphatic heterocycles. The number of aryl methyl sites for hydroxylation is 1. The Balaban J connectivity index is 0.000000302. The number of aromatic nitrogens is 3. The van der Waals surface area contributed by atoms with Gasteiger partial charge in [-0.2, -0.15) is 0 Å². The zero-order valence-electron chi connectivity index (χ0n) is 29.2. The molecule has 3 amide bonds. The molecule has 5 rings (SSSR count). The van der Waals surface area contributed by atoms with Gasteiger partial charge in [-0.3, -0.25) is 19.2 Å². The number of hydrogen-bond acceptors (Lipinski definition) is 10. The van der Waals surface area contributed by atoms with E-state index in [9.17, 15) is 24.3 Å². The monoisotopic (exact) mass is 695 g/mol. The van der Waals surface area contributed by atoms with Crippen LogP contribution in [0.4, 0.5) is 5.69 Å². The lowest BCUT2D eigenvalue weighted by Gasteiger charge is -2.33. The first-order chi connectivity index (χ1) is 23.4. The molecule has 2 aliphatic rings. The number of thiazole rings is 1. The lowest BCUT2D eigenvalue weighted by atomic mass is 9.85. The maximum Gasteiger partial charge on any atom is 0.306 e. The summed E-state index contributed by atoms with van der Waals surface area (Å²) in [5.74, 6) is -1.90. The van der Waals surface area contributed by atoms with E-state index in [0.29, 0.717) is 51.9 Å². The van der Waals surface area contributed by atoms with Crippen LogP contribution in [0.1, 0.15) is 75.8 Å². The maximum absolute atomic E-state index is 13.0. The van der Waals surface area contributed by atoms with Crippen LogP contribution in [0.15, 0.2) is 42.2 Å². The van der Waals surface area contributed by atoms with Gasteiger partial charge in [-0.1, -0.05) is 58.9 Å². The molecule has 4 N–H and O–H groups in total. The minimum atomic E-state index is -0.774. The van der Waals surface area contributed by atoms with Gasteiger partial charge in [-0.05, 0) is 42.7 Å². The molecule has 4 heterocycles. The number of nitrogens with zero attached hydrogens (tertiary/aromatic N) is 5. The minimum Gasteiger partial charge on any atom is -0.481 e. The summed E-state index contributed by atoms with van der Waals surface area (Å²) in [4.78, 5) is 64.3. The molecular weight excluding hydrogens is 646 g/mol. The van der Waals surface area contributed by atoms with Gasteiger partial charge in [0.2, 0.25) is 18.1 Å². The number of piperidine rings is 1. The minimum absolute atomic E-state index is 0.0346. The van der Waals surface area contributed by atoms with E-state index in [0.717, 1.165) is 16.9 Å². The van der Waals surface area contributed by atoms with E-state index in [2.05, 4.69) is 37.7 Å². The molecule has 49 heavy (non-hydrogen) atoms. The Hall–Kier alpha value is -4.43. The summed E-state index contributed by atoms with van der Waals surface area (Å²) >= 11 is 1.64. The predicted molar refractivity (Wildman–Crippen MR) is 189 cm³/mol. The van der Waals surface area contributed by atoms with Crippen molar-refractivity contribution in [1.29, 1.82) is 0 Å². The van der Waals surface area contributed by atoms with Gasteiger partial charge < -0.3 is 30.6 Å². The summed E-state index contributed by atoms with van der Waals surface area (Å²) in [5.41, 5.74) is 5.38. The third-order valence-corrected chi connectivity index (χ3v) is 9.24. The van der Waals surface area contributed by atoms with Gasteiger partial charge in [0.05, 0.1) is 46.2 Å². The first-order valence-electron chi connectivity index (χ1n) is 16.6. The summed E-state index contributed by atoms with van der Waals surface area (Å²) in [7, 11) is 0. The third-order valence-electron chi connectivity index (χ3n) is 8.27. The topological polar surface area (TPSA) is 178 Å². The molecule has 0 bridgehead atoms. The first kappa shape index (κ1) is 39.0. The van der Waals surface area contributed by atoms with Crippen molar-refractivity contribution in [3.8, 4) is 10.4 Å². The molecule has 2 aromatic heterocycles. The largest absolute Gasteiger partial charge is 0.481 e. The van der Waals surface area contributed by atoms with E-state index in [-0.39, 0.29) is 24.2 Å². The van der Waals surface area contributed by atoms with Gasteiger partial charge in [0.1, 0.15) is 6.04 Å². The van der Waals surface area contributed by atoms with Crippen LogP contribution >= 0.6 is 11.3 Å². The highest BCUT2D eigenvalue weighted by Gasteiger charge is 2.38. The number of benzene rings is 1. The summed E-state index contributed by atoms with van der Waals surface area (Å²) in [6, 6.07) is 7.38. The number of aliphatic hydroxyl groups excluding tert-OH is 1. The van der Waals surface area contributed by atoms with Gasteiger partial charge in [0, 0.05) is 32.7 Å². The van der Waals surface area contributed by atoms with Crippen molar-refractivity contribution in [3.05, 3.63) is 59.3 Å². The fraction of sp³-hybridized carbons (Fsp3) is 0.514. The average Bonchev–Trinajstić information content (AvgIpc) is 3.74. The number of amides is 3. The molecule has 0 saturated carbocycles. The van der Waals surface area contributed by atoms with E-state index in [4.69, 9.17) is 5.11 Å². The molecule has 2 saturated heterocycles. The molecule has 1 aromatic carbocycles. The van der Waals surface area contributed by atoms with Crippen molar-refractivity contribution in [1.82, 2.24) is 30.5 Å². The lowest BCUT2D eigenvalue weighted by molar-refractivity contribution is -0.142. The standard InChI is InChI=1S/C21H31N5O5.C12H12N2OS.C2H6/c1-21(2,3)16(19(29)26-9-6-15(27)12-26)24-18(28)17-22-10-14(11-23-17)25-7-4-13(5-8-25)20(30)31;1-9-12(16-8-14-9)11-4-2-10(3-5-11)6-13-7-15;1-2/h10-11,13,15-16,27H,4-9,12H2,1-3H3,(H,24,28)(H,30,31);2-5,7-8H,6H2,1H3,(H,13,15);1-2H3. The second-order valence-corrected chi connectivity index (χ2v) is 13.7. The van der Waals surface area contributed by atoms with Crippen LogP contribution < -0.4 is 15.5 Å². The molecule has 2 fully saturated rings. The Morgan fingerprint density at radius 1 is 1.02 bits per heavy atom. The number of carbonyl (C=O) groups is 4. The number of carbonyl (C=O) groups excluding carboxylic acids is 3. The number of rotatable bonds is 9. The van der Waals surface area contributed by atoms with Gasteiger partial charge in [0.15, 0.2) is 0 Å². The molecule has 0 radical (unpaired) electrons. The van der Waals surface area contributed by atoms with Crippen molar-refractivity contribution in [2.24, 2.45) is 11.3 Å². The molecule has 2 unspecified atom stereocenters. The number of carboxylic acid groups (broad SMARTS) is 1. The van der Waals surface area contributed by atoms with E-state index in [1.54, 1.807) is 28.6 Å². The summed E-state index contributed by atoms with van der Waals surface area (Å²) < 4.78 is 0. The first-order valence-corrected chi connectivity index (χ1v) is 17.5. The number of nitrogens with one attached hydrogen (secondary N) is 2. The number of hydrogen-bond donors (Lipinski definition) is 4. The molecule has 0 spiro atoms. The van der Waals surface area contributed by atoms with Crippen LogP contribution in [-0.4, -0.2) is 92.6 Å². The summed E-state index contributed by atoms with van der Waals surface area (Å²) in [5, 5.41) is 24.3. The van der Waals surface area contributed by atoms with Crippen LogP contribution in [-0.2, 0) is 20.9 Å². The maximum atomic E-state index is 13.0. The highest BCUT2D eigenvalue weighted by atomic mass is 32.1. The highest BCUT2D eigenvalue weighted by molar-refractivity contribution is 7.13. The van der Waals surface area contributed by atoms with E-state index in [1.807, 2.05) is 64.1 Å². The number of anilines is 1. The Kier molecular flexibility index (Phi) is 14.6. The van der Waals surface area contributed by atoms with Crippen molar-refractivity contribution in [3.63, 3.8) is 0 Å². The van der Waals surface area contributed by atoms with Crippen molar-refractivity contribution < 1.29 is 29.4 Å². The average molecular weight is 696 g/mol. The molecule has 2 atom stereocenters. The fourth-order valence-electron chi connectivity index (χ4n) is 5.47. The Labute approximate surface area is 292 Å². The van der Waals surface area contributed by atoms with Crippen LogP contribution in [0.5, 0.6) is 0 Å².